The maximum absolute atomic E-state index is 5.63. The first-order valence-electron chi connectivity index (χ1n) is 8.66. The summed E-state index contributed by atoms with van der Waals surface area (Å²) in [6.07, 6.45) is 3.70. The van der Waals surface area contributed by atoms with Crippen LogP contribution in [0.15, 0.2) is 40.2 Å². The second-order valence-electron chi connectivity index (χ2n) is 5.72. The van der Waals surface area contributed by atoms with Crippen molar-refractivity contribution in [2.45, 2.75) is 31.1 Å². The van der Waals surface area contributed by atoms with Gasteiger partial charge >= 0.3 is 0 Å². The molecule has 0 bridgehead atoms. The summed E-state index contributed by atoms with van der Waals surface area (Å²) in [6.45, 7) is 6.46. The lowest BCUT2D eigenvalue weighted by Crippen LogP contribution is -2.38. The van der Waals surface area contributed by atoms with Crippen LogP contribution in [0.4, 0.5) is 0 Å². The Bertz CT molecular complexity index is 449. The van der Waals surface area contributed by atoms with Crippen molar-refractivity contribution in [2.24, 2.45) is 10.9 Å². The minimum Gasteiger partial charge on any atom is -0.381 e. The fraction of sp³-hybridized carbons (Fsp3) is 0.611. The fourth-order valence-electron chi connectivity index (χ4n) is 2.09. The summed E-state index contributed by atoms with van der Waals surface area (Å²) in [4.78, 5) is 5.90. The molecule has 4 nitrogen and oxygen atoms in total. The van der Waals surface area contributed by atoms with Crippen molar-refractivity contribution in [1.29, 1.82) is 0 Å². The van der Waals surface area contributed by atoms with Crippen LogP contribution in [0.2, 0.25) is 0 Å². The molecule has 2 rings (SSSR count). The van der Waals surface area contributed by atoms with Crippen LogP contribution in [0.3, 0.4) is 0 Å². The molecule has 1 aromatic carbocycles. The Labute approximate surface area is 144 Å². The van der Waals surface area contributed by atoms with E-state index >= 15 is 0 Å². The smallest absolute Gasteiger partial charge is 0.191 e. The van der Waals surface area contributed by atoms with Gasteiger partial charge in [0.15, 0.2) is 5.96 Å². The third kappa shape index (κ3) is 8.86. The molecule has 1 aliphatic carbocycles. The van der Waals surface area contributed by atoms with Gasteiger partial charge in [-0.2, -0.15) is 0 Å². The van der Waals surface area contributed by atoms with E-state index in [1.54, 1.807) is 0 Å². The molecule has 5 heteroatoms. The van der Waals surface area contributed by atoms with Crippen LogP contribution in [-0.2, 0) is 4.74 Å². The number of hydrogen-bond acceptors (Lipinski definition) is 3. The second kappa shape index (κ2) is 11.4. The molecular formula is C18H29N3OS. The van der Waals surface area contributed by atoms with Crippen LogP contribution < -0.4 is 10.6 Å². The van der Waals surface area contributed by atoms with Crippen molar-refractivity contribution in [1.82, 2.24) is 10.6 Å². The minimum atomic E-state index is 0.811. The number of thioether (sulfide) groups is 1. The number of ether oxygens (including phenoxy) is 1. The van der Waals surface area contributed by atoms with Gasteiger partial charge in [-0.05, 0) is 44.2 Å². The molecule has 0 atom stereocenters. The summed E-state index contributed by atoms with van der Waals surface area (Å²) in [5, 5.41) is 6.68. The number of nitrogens with zero attached hydrogens (tertiary/aromatic N) is 1. The van der Waals surface area contributed by atoms with E-state index in [0.717, 1.165) is 56.9 Å². The van der Waals surface area contributed by atoms with E-state index in [2.05, 4.69) is 46.8 Å². The number of benzene rings is 1. The van der Waals surface area contributed by atoms with E-state index in [-0.39, 0.29) is 0 Å². The van der Waals surface area contributed by atoms with Crippen LogP contribution >= 0.6 is 11.8 Å². The molecule has 1 aliphatic rings. The Morgan fingerprint density at radius 2 is 2.09 bits per heavy atom. The lowest BCUT2D eigenvalue weighted by molar-refractivity contribution is 0.123. The quantitative estimate of drug-likeness (QED) is 0.282. The average Bonchev–Trinajstić information content (AvgIpc) is 3.40. The molecule has 1 aromatic rings. The van der Waals surface area contributed by atoms with E-state index in [1.165, 1.54) is 17.7 Å². The molecule has 2 N–H and O–H groups in total. The highest BCUT2D eigenvalue weighted by Gasteiger charge is 2.20. The Morgan fingerprint density at radius 1 is 1.26 bits per heavy atom. The van der Waals surface area contributed by atoms with E-state index in [0.29, 0.717) is 0 Å². The molecule has 0 unspecified atom stereocenters. The molecule has 0 aromatic heterocycles. The topological polar surface area (TPSA) is 45.7 Å². The summed E-state index contributed by atoms with van der Waals surface area (Å²) in [5.74, 6) is 2.78. The van der Waals surface area contributed by atoms with Crippen LogP contribution in [0.25, 0.3) is 0 Å². The van der Waals surface area contributed by atoms with Crippen LogP contribution in [0.1, 0.15) is 26.2 Å². The largest absolute Gasteiger partial charge is 0.381 e. The van der Waals surface area contributed by atoms with Crippen LogP contribution in [0, 0.1) is 5.92 Å². The van der Waals surface area contributed by atoms with Gasteiger partial charge in [-0.3, -0.25) is 4.99 Å². The molecule has 1 fully saturated rings. The van der Waals surface area contributed by atoms with Crippen LogP contribution in [0.5, 0.6) is 0 Å². The Hall–Kier alpha value is -1.20. The third-order valence-corrected chi connectivity index (χ3v) is 4.53. The zero-order valence-electron chi connectivity index (χ0n) is 14.1. The maximum Gasteiger partial charge on any atom is 0.191 e. The first-order chi connectivity index (χ1) is 11.4. The molecule has 0 radical (unpaired) electrons. The molecule has 0 heterocycles. The van der Waals surface area contributed by atoms with Gasteiger partial charge in [-0.25, -0.2) is 0 Å². The van der Waals surface area contributed by atoms with Crippen molar-refractivity contribution >= 4 is 17.7 Å². The highest BCUT2D eigenvalue weighted by molar-refractivity contribution is 7.99. The minimum absolute atomic E-state index is 0.811. The number of rotatable bonds is 11. The Kier molecular flexibility index (Phi) is 8.96. The van der Waals surface area contributed by atoms with Crippen molar-refractivity contribution in [3.63, 3.8) is 0 Å². The van der Waals surface area contributed by atoms with Gasteiger partial charge in [0.1, 0.15) is 0 Å². The number of hydrogen-bond donors (Lipinski definition) is 2. The fourth-order valence-corrected chi connectivity index (χ4v) is 2.88. The molecule has 0 spiro atoms. The SMILES string of the molecule is CCNC(=NCCCOCC1CC1)NCCSc1ccccc1. The lowest BCUT2D eigenvalue weighted by atomic mass is 10.4. The zero-order valence-corrected chi connectivity index (χ0v) is 14.9. The van der Waals surface area contributed by atoms with E-state index in [1.807, 2.05) is 17.8 Å². The summed E-state index contributed by atoms with van der Waals surface area (Å²) in [6, 6.07) is 10.5. The monoisotopic (exact) mass is 335 g/mol. The Morgan fingerprint density at radius 3 is 2.83 bits per heavy atom. The number of nitrogens with one attached hydrogen (secondary N) is 2. The van der Waals surface area contributed by atoms with Gasteiger partial charge in [0, 0.05) is 43.5 Å². The summed E-state index contributed by atoms with van der Waals surface area (Å²) in [5.41, 5.74) is 0. The van der Waals surface area contributed by atoms with Crippen molar-refractivity contribution in [3.8, 4) is 0 Å². The molecular weight excluding hydrogens is 306 g/mol. The standard InChI is InChI=1S/C18H29N3OS/c1-2-19-18(20-11-6-13-22-15-16-9-10-16)21-12-14-23-17-7-4-3-5-8-17/h3-5,7-8,16H,2,6,9-15H2,1H3,(H2,19,20,21). The lowest BCUT2D eigenvalue weighted by Gasteiger charge is -2.11. The normalized spacial score (nSPS) is 14.7. The summed E-state index contributed by atoms with van der Waals surface area (Å²) >= 11 is 1.86. The number of guanidine groups is 1. The van der Waals surface area contributed by atoms with Gasteiger partial charge in [0.25, 0.3) is 0 Å². The van der Waals surface area contributed by atoms with E-state index < -0.39 is 0 Å². The first-order valence-corrected chi connectivity index (χ1v) is 9.65. The molecule has 0 amide bonds. The van der Waals surface area contributed by atoms with Gasteiger partial charge in [-0.1, -0.05) is 18.2 Å². The van der Waals surface area contributed by atoms with Crippen molar-refractivity contribution in [2.75, 3.05) is 38.6 Å². The Balaban J connectivity index is 1.55. The van der Waals surface area contributed by atoms with E-state index in [4.69, 9.17) is 4.74 Å². The number of aliphatic imine (C=N–C) groups is 1. The predicted molar refractivity (Wildman–Crippen MR) is 99.3 cm³/mol. The maximum atomic E-state index is 5.63. The molecule has 1 saturated carbocycles. The van der Waals surface area contributed by atoms with Crippen molar-refractivity contribution in [3.05, 3.63) is 30.3 Å². The summed E-state index contributed by atoms with van der Waals surface area (Å²) in [7, 11) is 0. The van der Waals surface area contributed by atoms with Gasteiger partial charge in [-0.15, -0.1) is 11.8 Å². The highest BCUT2D eigenvalue weighted by atomic mass is 32.2. The second-order valence-corrected chi connectivity index (χ2v) is 6.89. The first kappa shape index (κ1) is 18.1. The van der Waals surface area contributed by atoms with Gasteiger partial charge in [0.05, 0.1) is 0 Å². The highest BCUT2D eigenvalue weighted by Crippen LogP contribution is 2.28. The van der Waals surface area contributed by atoms with Crippen LogP contribution in [-0.4, -0.2) is 44.6 Å². The average molecular weight is 336 g/mol. The summed E-state index contributed by atoms with van der Waals surface area (Å²) < 4.78 is 5.63. The third-order valence-electron chi connectivity index (χ3n) is 3.52. The molecule has 23 heavy (non-hydrogen) atoms. The predicted octanol–water partition coefficient (Wildman–Crippen LogP) is 3.15. The van der Waals surface area contributed by atoms with Gasteiger partial charge in [0.2, 0.25) is 0 Å². The molecule has 0 aliphatic heterocycles. The zero-order chi connectivity index (χ0) is 16.2. The van der Waals surface area contributed by atoms with E-state index in [9.17, 15) is 0 Å². The molecule has 0 saturated heterocycles. The molecule has 128 valence electrons. The van der Waals surface area contributed by atoms with Crippen molar-refractivity contribution < 1.29 is 4.74 Å². The van der Waals surface area contributed by atoms with Gasteiger partial charge < -0.3 is 15.4 Å².